The summed E-state index contributed by atoms with van der Waals surface area (Å²) in [6.07, 6.45) is 1.33. The van der Waals surface area contributed by atoms with E-state index in [1.807, 2.05) is 12.1 Å². The molecular weight excluding hydrogens is 314 g/mol. The van der Waals surface area contributed by atoms with Crippen molar-refractivity contribution in [2.24, 2.45) is 7.05 Å². The summed E-state index contributed by atoms with van der Waals surface area (Å²) in [6.45, 7) is 0.438. The number of rotatable bonds is 4. The molecule has 1 aromatic carbocycles. The highest BCUT2D eigenvalue weighted by atomic mass is 16.7. The first-order valence-electron chi connectivity index (χ1n) is 7.34. The molecule has 0 saturated heterocycles. The van der Waals surface area contributed by atoms with E-state index in [0.29, 0.717) is 18.0 Å². The Kier molecular flexibility index (Phi) is 4.11. The molecule has 24 heavy (non-hydrogen) atoms. The van der Waals surface area contributed by atoms with Gasteiger partial charge in [-0.25, -0.2) is 4.79 Å². The van der Waals surface area contributed by atoms with Crippen LogP contribution in [0.1, 0.15) is 5.56 Å². The summed E-state index contributed by atoms with van der Waals surface area (Å²) in [6, 6.07) is 6.74. The number of ether oxygens (including phenoxy) is 2. The summed E-state index contributed by atoms with van der Waals surface area (Å²) in [5.74, 6) is 1.10. The number of hydrogen-bond donors (Lipinski definition) is 0. The largest absolute Gasteiger partial charge is 0.454 e. The van der Waals surface area contributed by atoms with Gasteiger partial charge in [-0.15, -0.1) is 0 Å². The lowest BCUT2D eigenvalue weighted by Gasteiger charge is -2.18. The summed E-state index contributed by atoms with van der Waals surface area (Å²) in [5, 5.41) is 0. The lowest BCUT2D eigenvalue weighted by Crippen LogP contribution is -2.40. The van der Waals surface area contributed by atoms with Gasteiger partial charge in [0.15, 0.2) is 11.5 Å². The van der Waals surface area contributed by atoms with Crippen molar-refractivity contribution in [1.82, 2.24) is 14.0 Å². The maximum Gasteiger partial charge on any atom is 0.331 e. The lowest BCUT2D eigenvalue weighted by molar-refractivity contribution is -0.131. The highest BCUT2D eigenvalue weighted by Gasteiger charge is 2.16. The first-order valence-corrected chi connectivity index (χ1v) is 7.34. The summed E-state index contributed by atoms with van der Waals surface area (Å²) < 4.78 is 12.7. The number of nitrogens with zero attached hydrogens (tertiary/aromatic N) is 3. The summed E-state index contributed by atoms with van der Waals surface area (Å²) in [7, 11) is 3.03. The SMILES string of the molecule is CN(Cc1ccc2c(c1)OCO2)C(=O)Cn1ccc(=O)n(C)c1=O. The smallest absolute Gasteiger partial charge is 0.331 e. The third-order valence-electron chi connectivity index (χ3n) is 3.85. The average molecular weight is 331 g/mol. The third kappa shape index (κ3) is 3.03. The molecule has 0 atom stereocenters. The minimum absolute atomic E-state index is 0.131. The van der Waals surface area contributed by atoms with Crippen LogP contribution in [0.3, 0.4) is 0 Å². The van der Waals surface area contributed by atoms with E-state index in [4.69, 9.17) is 9.47 Å². The van der Waals surface area contributed by atoms with Crippen LogP contribution in [0.25, 0.3) is 0 Å². The minimum Gasteiger partial charge on any atom is -0.454 e. The Hall–Kier alpha value is -3.03. The number of amides is 1. The Labute approximate surface area is 137 Å². The van der Waals surface area contributed by atoms with Crippen LogP contribution in [0, 0.1) is 0 Å². The fourth-order valence-corrected chi connectivity index (χ4v) is 2.40. The Morgan fingerprint density at radius 3 is 2.75 bits per heavy atom. The summed E-state index contributed by atoms with van der Waals surface area (Å²) in [5.41, 5.74) is -0.0346. The molecule has 0 spiro atoms. The number of carbonyl (C=O) groups excluding carboxylic acids is 1. The van der Waals surface area contributed by atoms with Gasteiger partial charge in [0.1, 0.15) is 6.54 Å². The number of hydrogen-bond acceptors (Lipinski definition) is 5. The standard InChI is InChI=1S/C16H17N3O5/c1-17(8-11-3-4-12-13(7-11)24-10-23-12)15(21)9-19-6-5-14(20)18(2)16(19)22/h3-7H,8-10H2,1-2H3. The molecule has 8 heteroatoms. The number of carbonyl (C=O) groups is 1. The van der Waals surface area contributed by atoms with Gasteiger partial charge in [0.05, 0.1) is 0 Å². The van der Waals surface area contributed by atoms with Crippen LogP contribution in [0.5, 0.6) is 11.5 Å². The van der Waals surface area contributed by atoms with Crippen molar-refractivity contribution in [3.63, 3.8) is 0 Å². The molecular formula is C16H17N3O5. The van der Waals surface area contributed by atoms with Gasteiger partial charge in [-0.05, 0) is 17.7 Å². The van der Waals surface area contributed by atoms with E-state index in [1.165, 1.54) is 28.8 Å². The molecule has 1 aliphatic heterocycles. The van der Waals surface area contributed by atoms with Gasteiger partial charge in [-0.3, -0.25) is 18.7 Å². The Morgan fingerprint density at radius 2 is 1.96 bits per heavy atom. The molecule has 3 rings (SSSR count). The molecule has 0 N–H and O–H groups in total. The predicted octanol–water partition coefficient (Wildman–Crippen LogP) is -0.0657. The normalized spacial score (nSPS) is 12.2. The van der Waals surface area contributed by atoms with Crippen LogP contribution in [0.4, 0.5) is 0 Å². The zero-order valence-corrected chi connectivity index (χ0v) is 13.4. The monoisotopic (exact) mass is 331 g/mol. The topological polar surface area (TPSA) is 82.8 Å². The fraction of sp³-hybridized carbons (Fsp3) is 0.312. The Balaban J connectivity index is 1.70. The van der Waals surface area contributed by atoms with Crippen LogP contribution < -0.4 is 20.7 Å². The molecule has 1 aliphatic rings. The van der Waals surface area contributed by atoms with E-state index in [-0.39, 0.29) is 19.2 Å². The molecule has 0 radical (unpaired) electrons. The number of benzene rings is 1. The van der Waals surface area contributed by atoms with Gasteiger partial charge in [0, 0.05) is 32.9 Å². The maximum absolute atomic E-state index is 12.3. The van der Waals surface area contributed by atoms with Gasteiger partial charge in [0.2, 0.25) is 12.7 Å². The second-order valence-electron chi connectivity index (χ2n) is 5.56. The van der Waals surface area contributed by atoms with Crippen LogP contribution in [0.15, 0.2) is 40.1 Å². The van der Waals surface area contributed by atoms with Crippen molar-refractivity contribution >= 4 is 5.91 Å². The molecule has 1 amide bonds. The highest BCUT2D eigenvalue weighted by Crippen LogP contribution is 2.32. The van der Waals surface area contributed by atoms with E-state index in [1.54, 1.807) is 13.1 Å². The molecule has 0 saturated carbocycles. The molecule has 126 valence electrons. The molecule has 0 fully saturated rings. The van der Waals surface area contributed by atoms with Gasteiger partial charge >= 0.3 is 5.69 Å². The molecule has 2 heterocycles. The number of aromatic nitrogens is 2. The maximum atomic E-state index is 12.3. The minimum atomic E-state index is -0.521. The summed E-state index contributed by atoms with van der Waals surface area (Å²) >= 11 is 0. The average Bonchev–Trinajstić information content (AvgIpc) is 3.03. The molecule has 0 aliphatic carbocycles. The second kappa shape index (κ2) is 6.23. The molecule has 8 nitrogen and oxygen atoms in total. The molecule has 2 aromatic rings. The van der Waals surface area contributed by atoms with Crippen LogP contribution in [0.2, 0.25) is 0 Å². The fourth-order valence-electron chi connectivity index (χ4n) is 2.40. The van der Waals surface area contributed by atoms with E-state index in [2.05, 4.69) is 0 Å². The zero-order valence-electron chi connectivity index (χ0n) is 13.4. The third-order valence-corrected chi connectivity index (χ3v) is 3.85. The molecule has 1 aromatic heterocycles. The first kappa shape index (κ1) is 15.9. The zero-order chi connectivity index (χ0) is 17.3. The number of likely N-dealkylation sites (N-methyl/N-ethyl adjacent to an activating group) is 1. The second-order valence-corrected chi connectivity index (χ2v) is 5.56. The van der Waals surface area contributed by atoms with Crippen molar-refractivity contribution in [1.29, 1.82) is 0 Å². The van der Waals surface area contributed by atoms with E-state index in [9.17, 15) is 14.4 Å². The highest BCUT2D eigenvalue weighted by molar-refractivity contribution is 5.75. The van der Waals surface area contributed by atoms with Crippen molar-refractivity contribution in [3.05, 3.63) is 56.9 Å². The lowest BCUT2D eigenvalue weighted by atomic mass is 10.2. The van der Waals surface area contributed by atoms with Crippen molar-refractivity contribution in [2.75, 3.05) is 13.8 Å². The van der Waals surface area contributed by atoms with Crippen LogP contribution in [-0.2, 0) is 24.9 Å². The van der Waals surface area contributed by atoms with E-state index in [0.717, 1.165) is 10.1 Å². The molecule has 0 bridgehead atoms. The van der Waals surface area contributed by atoms with Crippen molar-refractivity contribution in [3.8, 4) is 11.5 Å². The first-order chi connectivity index (χ1) is 11.5. The van der Waals surface area contributed by atoms with Gasteiger partial charge in [0.25, 0.3) is 5.56 Å². The van der Waals surface area contributed by atoms with Crippen LogP contribution in [-0.4, -0.2) is 33.8 Å². The van der Waals surface area contributed by atoms with Gasteiger partial charge in [-0.1, -0.05) is 6.07 Å². The number of fused-ring (bicyclic) bond motifs is 1. The predicted molar refractivity (Wildman–Crippen MR) is 85.0 cm³/mol. The van der Waals surface area contributed by atoms with E-state index < -0.39 is 11.2 Å². The van der Waals surface area contributed by atoms with Crippen LogP contribution >= 0.6 is 0 Å². The summed E-state index contributed by atoms with van der Waals surface area (Å²) in [4.78, 5) is 37.2. The van der Waals surface area contributed by atoms with Gasteiger partial charge < -0.3 is 14.4 Å². The molecule has 0 unspecified atom stereocenters. The Morgan fingerprint density at radius 1 is 1.21 bits per heavy atom. The Bertz CT molecular complexity index is 899. The quantitative estimate of drug-likeness (QED) is 0.783. The van der Waals surface area contributed by atoms with E-state index >= 15 is 0 Å². The van der Waals surface area contributed by atoms with Gasteiger partial charge in [-0.2, -0.15) is 0 Å². The van der Waals surface area contributed by atoms with Crippen molar-refractivity contribution in [2.45, 2.75) is 13.1 Å². The van der Waals surface area contributed by atoms with Crippen molar-refractivity contribution < 1.29 is 14.3 Å².